The Bertz CT molecular complexity index is 483. The lowest BCUT2D eigenvalue weighted by atomic mass is 10.2. The number of nitrogens with one attached hydrogen (secondary N) is 1. The van der Waals surface area contributed by atoms with Gasteiger partial charge in [0.25, 0.3) is 0 Å². The third-order valence-electron chi connectivity index (χ3n) is 2.37. The van der Waals surface area contributed by atoms with Crippen LogP contribution in [0.2, 0.25) is 0 Å². The van der Waals surface area contributed by atoms with Gasteiger partial charge < -0.3 is 10.1 Å². The van der Waals surface area contributed by atoms with E-state index in [9.17, 15) is 0 Å². The molecule has 82 valence electrons. The van der Waals surface area contributed by atoms with Gasteiger partial charge in [-0.1, -0.05) is 18.2 Å². The topological polar surface area (TPSA) is 34.1 Å². The molecule has 1 aromatic carbocycles. The predicted molar refractivity (Wildman–Crippen MR) is 65.3 cm³/mol. The van der Waals surface area contributed by atoms with Crippen molar-refractivity contribution in [3.05, 3.63) is 48.2 Å². The highest BCUT2D eigenvalue weighted by Crippen LogP contribution is 2.21. The fraction of sp³-hybridized carbons (Fsp3) is 0.154. The Balaban J connectivity index is 2.24. The summed E-state index contributed by atoms with van der Waals surface area (Å²) >= 11 is 0. The highest BCUT2D eigenvalue weighted by molar-refractivity contribution is 5.60. The summed E-state index contributed by atoms with van der Waals surface area (Å²) in [5.41, 5.74) is 2.25. The van der Waals surface area contributed by atoms with Crippen LogP contribution in [0.15, 0.2) is 42.6 Å². The van der Waals surface area contributed by atoms with Crippen molar-refractivity contribution in [1.82, 2.24) is 4.98 Å². The third kappa shape index (κ3) is 2.31. The smallest absolute Gasteiger partial charge is 0.133 e. The van der Waals surface area contributed by atoms with E-state index in [0.717, 1.165) is 17.3 Å². The molecule has 3 heteroatoms. The van der Waals surface area contributed by atoms with Crippen molar-refractivity contribution < 1.29 is 4.74 Å². The minimum Gasteiger partial charge on any atom is -0.497 e. The standard InChI is InChI=1S/C13H14N2O/c1-10-5-3-4-6-12(10)15-13-9-11(16-2)7-8-14-13/h3-9H,1-2H3,(H,14,15). The van der Waals surface area contributed by atoms with E-state index >= 15 is 0 Å². The number of aryl methyl sites for hydroxylation is 1. The number of pyridine rings is 1. The number of ether oxygens (including phenoxy) is 1. The molecule has 0 atom stereocenters. The summed E-state index contributed by atoms with van der Waals surface area (Å²) in [7, 11) is 1.65. The molecule has 0 spiro atoms. The van der Waals surface area contributed by atoms with Crippen molar-refractivity contribution in [2.24, 2.45) is 0 Å². The Morgan fingerprint density at radius 3 is 2.75 bits per heavy atom. The van der Waals surface area contributed by atoms with Crippen LogP contribution in [-0.2, 0) is 0 Å². The molecule has 1 aromatic heterocycles. The van der Waals surface area contributed by atoms with Crippen LogP contribution >= 0.6 is 0 Å². The molecule has 0 aliphatic heterocycles. The van der Waals surface area contributed by atoms with Crippen molar-refractivity contribution >= 4 is 11.5 Å². The third-order valence-corrected chi connectivity index (χ3v) is 2.37. The molecule has 0 aliphatic carbocycles. The molecule has 0 saturated heterocycles. The van der Waals surface area contributed by atoms with Crippen LogP contribution in [0.4, 0.5) is 11.5 Å². The fourth-order valence-electron chi connectivity index (χ4n) is 1.46. The van der Waals surface area contributed by atoms with Gasteiger partial charge >= 0.3 is 0 Å². The molecule has 3 nitrogen and oxygen atoms in total. The van der Waals surface area contributed by atoms with E-state index in [0.29, 0.717) is 0 Å². The molecule has 2 rings (SSSR count). The SMILES string of the molecule is COc1ccnc(Nc2ccccc2C)c1. The maximum atomic E-state index is 5.14. The molecule has 0 bridgehead atoms. The average molecular weight is 214 g/mol. The van der Waals surface area contributed by atoms with Crippen molar-refractivity contribution in [2.75, 3.05) is 12.4 Å². The van der Waals surface area contributed by atoms with Crippen molar-refractivity contribution in [2.45, 2.75) is 6.92 Å². The van der Waals surface area contributed by atoms with E-state index in [4.69, 9.17) is 4.74 Å². The van der Waals surface area contributed by atoms with E-state index in [1.807, 2.05) is 30.3 Å². The zero-order chi connectivity index (χ0) is 11.4. The monoisotopic (exact) mass is 214 g/mol. The second-order valence-corrected chi connectivity index (χ2v) is 3.52. The molecule has 0 radical (unpaired) electrons. The summed E-state index contributed by atoms with van der Waals surface area (Å²) in [6.07, 6.45) is 1.72. The van der Waals surface area contributed by atoms with E-state index in [-0.39, 0.29) is 0 Å². The van der Waals surface area contributed by atoms with Gasteiger partial charge in [-0.05, 0) is 24.6 Å². The lowest BCUT2D eigenvalue weighted by Crippen LogP contribution is -1.95. The maximum Gasteiger partial charge on any atom is 0.133 e. The first-order chi connectivity index (χ1) is 7.79. The Morgan fingerprint density at radius 2 is 2.00 bits per heavy atom. The van der Waals surface area contributed by atoms with Crippen LogP contribution in [0.5, 0.6) is 5.75 Å². The number of benzene rings is 1. The van der Waals surface area contributed by atoms with Gasteiger partial charge in [0.05, 0.1) is 7.11 Å². The number of rotatable bonds is 3. The molecule has 16 heavy (non-hydrogen) atoms. The van der Waals surface area contributed by atoms with Gasteiger partial charge in [-0.3, -0.25) is 0 Å². The summed E-state index contributed by atoms with van der Waals surface area (Å²) in [5.74, 6) is 1.58. The van der Waals surface area contributed by atoms with Gasteiger partial charge in [0, 0.05) is 18.0 Å². The zero-order valence-corrected chi connectivity index (χ0v) is 9.40. The van der Waals surface area contributed by atoms with Gasteiger partial charge in [-0.2, -0.15) is 0 Å². The molecule has 1 heterocycles. The lowest BCUT2D eigenvalue weighted by molar-refractivity contribution is 0.414. The second kappa shape index (κ2) is 4.66. The molecular weight excluding hydrogens is 200 g/mol. The second-order valence-electron chi connectivity index (χ2n) is 3.52. The number of nitrogens with zero attached hydrogens (tertiary/aromatic N) is 1. The Morgan fingerprint density at radius 1 is 1.19 bits per heavy atom. The molecule has 2 aromatic rings. The van der Waals surface area contributed by atoms with E-state index in [1.54, 1.807) is 13.3 Å². The quantitative estimate of drug-likeness (QED) is 0.852. The Kier molecular flexibility index (Phi) is 3.05. The highest BCUT2D eigenvalue weighted by atomic mass is 16.5. The minimum atomic E-state index is 0.786. The van der Waals surface area contributed by atoms with Gasteiger partial charge in [-0.25, -0.2) is 4.98 Å². The largest absolute Gasteiger partial charge is 0.497 e. The summed E-state index contributed by atoms with van der Waals surface area (Å²) in [6.45, 7) is 2.06. The van der Waals surface area contributed by atoms with Crippen molar-refractivity contribution in [3.8, 4) is 5.75 Å². The van der Waals surface area contributed by atoms with Crippen LogP contribution in [0.25, 0.3) is 0 Å². The zero-order valence-electron chi connectivity index (χ0n) is 9.40. The van der Waals surface area contributed by atoms with Crippen LogP contribution in [0, 0.1) is 6.92 Å². The van der Waals surface area contributed by atoms with Crippen LogP contribution in [0.1, 0.15) is 5.56 Å². The number of anilines is 2. The summed E-state index contributed by atoms with van der Waals surface area (Å²) in [4.78, 5) is 4.23. The number of para-hydroxylation sites is 1. The first-order valence-corrected chi connectivity index (χ1v) is 5.12. The number of methoxy groups -OCH3 is 1. The number of hydrogen-bond acceptors (Lipinski definition) is 3. The lowest BCUT2D eigenvalue weighted by Gasteiger charge is -2.09. The van der Waals surface area contributed by atoms with Crippen molar-refractivity contribution in [1.29, 1.82) is 0 Å². The molecule has 0 saturated carbocycles. The van der Waals surface area contributed by atoms with E-state index < -0.39 is 0 Å². The van der Waals surface area contributed by atoms with Gasteiger partial charge in [0.15, 0.2) is 0 Å². The molecule has 1 N–H and O–H groups in total. The molecule has 0 amide bonds. The molecule has 0 unspecified atom stereocenters. The van der Waals surface area contributed by atoms with E-state index in [2.05, 4.69) is 23.3 Å². The summed E-state index contributed by atoms with van der Waals surface area (Å²) in [5, 5.41) is 3.26. The summed E-state index contributed by atoms with van der Waals surface area (Å²) < 4.78 is 5.14. The number of aromatic nitrogens is 1. The highest BCUT2D eigenvalue weighted by Gasteiger charge is 1.99. The first kappa shape index (κ1) is 10.5. The molecule has 0 fully saturated rings. The average Bonchev–Trinajstić information content (AvgIpc) is 2.32. The maximum absolute atomic E-state index is 5.14. The normalized spacial score (nSPS) is 9.88. The first-order valence-electron chi connectivity index (χ1n) is 5.12. The Hall–Kier alpha value is -2.03. The molecular formula is C13H14N2O. The van der Waals surface area contributed by atoms with Gasteiger partial charge in [-0.15, -0.1) is 0 Å². The van der Waals surface area contributed by atoms with Crippen LogP contribution in [0.3, 0.4) is 0 Å². The van der Waals surface area contributed by atoms with Gasteiger partial charge in [0.2, 0.25) is 0 Å². The van der Waals surface area contributed by atoms with E-state index in [1.165, 1.54) is 5.56 Å². The predicted octanol–water partition coefficient (Wildman–Crippen LogP) is 3.14. The minimum absolute atomic E-state index is 0.786. The Labute approximate surface area is 95.1 Å². The van der Waals surface area contributed by atoms with Gasteiger partial charge in [0.1, 0.15) is 11.6 Å². The van der Waals surface area contributed by atoms with Crippen LogP contribution in [-0.4, -0.2) is 12.1 Å². The van der Waals surface area contributed by atoms with Crippen molar-refractivity contribution in [3.63, 3.8) is 0 Å². The molecule has 0 aliphatic rings. The number of hydrogen-bond donors (Lipinski definition) is 1. The summed E-state index contributed by atoms with van der Waals surface area (Å²) in [6, 6.07) is 11.8. The fourth-order valence-corrected chi connectivity index (χ4v) is 1.46. The van der Waals surface area contributed by atoms with Crippen LogP contribution < -0.4 is 10.1 Å².